The Morgan fingerprint density at radius 3 is 2.50 bits per heavy atom. The molecule has 0 saturated carbocycles. The minimum absolute atomic E-state index is 0.0372. The van der Waals surface area contributed by atoms with Crippen LogP contribution in [-0.4, -0.2) is 12.5 Å². The molecule has 1 amide bonds. The standard InChI is InChI=1S/C27H24BrClN2O3/c1-3-33-25-15-20(14-24(29)26(25)34-17-19-9-11-23(28)12-10-19)13-22(16-30)27(32)31-18(2)21-7-5-4-6-8-21/h4-15,18H,3,17H2,1-2H3,(H,31,32)/b22-13-/t18-/m0/s1. The van der Waals surface area contributed by atoms with Crippen molar-refractivity contribution in [2.45, 2.75) is 26.5 Å². The zero-order valence-electron chi connectivity index (χ0n) is 18.8. The number of hydrogen-bond acceptors (Lipinski definition) is 4. The van der Waals surface area contributed by atoms with E-state index in [1.807, 2.05) is 74.5 Å². The van der Waals surface area contributed by atoms with Gasteiger partial charge in [0.15, 0.2) is 11.5 Å². The molecule has 0 unspecified atom stereocenters. The minimum atomic E-state index is -0.469. The van der Waals surface area contributed by atoms with Gasteiger partial charge in [0.2, 0.25) is 0 Å². The van der Waals surface area contributed by atoms with Crippen molar-refractivity contribution in [2.24, 2.45) is 0 Å². The van der Waals surface area contributed by atoms with Gasteiger partial charge in [-0.1, -0.05) is 70.0 Å². The Morgan fingerprint density at radius 1 is 1.15 bits per heavy atom. The Labute approximate surface area is 213 Å². The van der Waals surface area contributed by atoms with Crippen molar-refractivity contribution in [2.75, 3.05) is 6.61 Å². The van der Waals surface area contributed by atoms with E-state index in [-0.39, 0.29) is 11.6 Å². The molecule has 3 aromatic carbocycles. The maximum atomic E-state index is 12.7. The SMILES string of the molecule is CCOc1cc(/C=C(/C#N)C(=O)N[C@@H](C)c2ccccc2)cc(Cl)c1OCc1ccc(Br)cc1. The highest BCUT2D eigenvalue weighted by Gasteiger charge is 2.16. The van der Waals surface area contributed by atoms with Gasteiger partial charge in [-0.25, -0.2) is 0 Å². The van der Waals surface area contributed by atoms with E-state index in [1.54, 1.807) is 12.1 Å². The molecule has 0 aliphatic carbocycles. The highest BCUT2D eigenvalue weighted by atomic mass is 79.9. The highest BCUT2D eigenvalue weighted by molar-refractivity contribution is 9.10. The summed E-state index contributed by atoms with van der Waals surface area (Å²) in [5.41, 5.74) is 2.44. The minimum Gasteiger partial charge on any atom is -0.490 e. The predicted molar refractivity (Wildman–Crippen MR) is 138 cm³/mol. The molecule has 0 aliphatic rings. The molecule has 0 heterocycles. The van der Waals surface area contributed by atoms with E-state index in [2.05, 4.69) is 21.2 Å². The molecule has 0 aromatic heterocycles. The van der Waals surface area contributed by atoms with Crippen LogP contribution in [0.3, 0.4) is 0 Å². The van der Waals surface area contributed by atoms with Crippen LogP contribution in [0, 0.1) is 11.3 Å². The number of amides is 1. The molecule has 0 bridgehead atoms. The number of hydrogen-bond donors (Lipinski definition) is 1. The normalized spacial score (nSPS) is 11.9. The maximum Gasteiger partial charge on any atom is 0.262 e. The van der Waals surface area contributed by atoms with Crippen LogP contribution in [0.25, 0.3) is 6.08 Å². The number of rotatable bonds is 9. The summed E-state index contributed by atoms with van der Waals surface area (Å²) in [6.45, 7) is 4.43. The molecular formula is C27H24BrClN2O3. The summed E-state index contributed by atoms with van der Waals surface area (Å²) in [7, 11) is 0. The fourth-order valence-electron chi connectivity index (χ4n) is 3.23. The molecule has 3 rings (SSSR count). The molecule has 0 fully saturated rings. The first-order valence-electron chi connectivity index (χ1n) is 10.7. The first-order valence-corrected chi connectivity index (χ1v) is 11.9. The molecular weight excluding hydrogens is 516 g/mol. The number of nitrogens with zero attached hydrogens (tertiary/aromatic N) is 1. The summed E-state index contributed by atoms with van der Waals surface area (Å²) in [6, 6.07) is 22.4. The van der Waals surface area contributed by atoms with Gasteiger partial charge < -0.3 is 14.8 Å². The van der Waals surface area contributed by atoms with Gasteiger partial charge >= 0.3 is 0 Å². The third-order valence-corrected chi connectivity index (χ3v) is 5.76. The second-order valence-corrected chi connectivity index (χ2v) is 8.78. The van der Waals surface area contributed by atoms with Crippen LogP contribution >= 0.6 is 27.5 Å². The van der Waals surface area contributed by atoms with Crippen LogP contribution in [0.4, 0.5) is 0 Å². The lowest BCUT2D eigenvalue weighted by Crippen LogP contribution is -2.27. The zero-order chi connectivity index (χ0) is 24.5. The Kier molecular flexibility index (Phi) is 9.15. The first kappa shape index (κ1) is 25.4. The first-order chi connectivity index (χ1) is 16.4. The molecule has 1 atom stereocenters. The van der Waals surface area contributed by atoms with Crippen LogP contribution in [0.5, 0.6) is 11.5 Å². The maximum absolute atomic E-state index is 12.7. The van der Waals surface area contributed by atoms with Crippen molar-refractivity contribution in [3.05, 3.63) is 98.5 Å². The smallest absolute Gasteiger partial charge is 0.262 e. The largest absolute Gasteiger partial charge is 0.490 e. The van der Waals surface area contributed by atoms with Crippen LogP contribution in [0.15, 0.2) is 76.8 Å². The van der Waals surface area contributed by atoms with E-state index in [0.717, 1.165) is 15.6 Å². The fourth-order valence-corrected chi connectivity index (χ4v) is 3.76. The predicted octanol–water partition coefficient (Wildman–Crippen LogP) is 6.86. The lowest BCUT2D eigenvalue weighted by atomic mass is 10.1. The number of benzene rings is 3. The third kappa shape index (κ3) is 6.86. The Morgan fingerprint density at radius 2 is 1.85 bits per heavy atom. The molecule has 0 radical (unpaired) electrons. The monoisotopic (exact) mass is 538 g/mol. The highest BCUT2D eigenvalue weighted by Crippen LogP contribution is 2.38. The molecule has 1 N–H and O–H groups in total. The summed E-state index contributed by atoms with van der Waals surface area (Å²) in [5, 5.41) is 12.8. The van der Waals surface area contributed by atoms with Crippen molar-refractivity contribution >= 4 is 39.5 Å². The lowest BCUT2D eigenvalue weighted by Gasteiger charge is -2.15. The average molecular weight is 540 g/mol. The number of nitriles is 1. The molecule has 3 aromatic rings. The molecule has 0 aliphatic heterocycles. The average Bonchev–Trinajstić information content (AvgIpc) is 2.83. The van der Waals surface area contributed by atoms with E-state index < -0.39 is 5.91 Å². The van der Waals surface area contributed by atoms with Crippen LogP contribution in [0.2, 0.25) is 5.02 Å². The zero-order valence-corrected chi connectivity index (χ0v) is 21.2. The summed E-state index contributed by atoms with van der Waals surface area (Å²) in [6.07, 6.45) is 1.49. The van der Waals surface area contributed by atoms with Crippen molar-refractivity contribution in [3.8, 4) is 17.6 Å². The summed E-state index contributed by atoms with van der Waals surface area (Å²) < 4.78 is 12.7. The second kappa shape index (κ2) is 12.3. The van der Waals surface area contributed by atoms with E-state index in [1.165, 1.54) is 6.08 Å². The van der Waals surface area contributed by atoms with Crippen molar-refractivity contribution in [3.63, 3.8) is 0 Å². The molecule has 5 nitrogen and oxygen atoms in total. The topological polar surface area (TPSA) is 71.3 Å². The third-order valence-electron chi connectivity index (χ3n) is 4.95. The summed E-state index contributed by atoms with van der Waals surface area (Å²) in [4.78, 5) is 12.7. The quantitative estimate of drug-likeness (QED) is 0.238. The number of nitrogens with one attached hydrogen (secondary N) is 1. The van der Waals surface area contributed by atoms with Gasteiger partial charge in [0.1, 0.15) is 18.2 Å². The molecule has 0 spiro atoms. The number of halogens is 2. The van der Waals surface area contributed by atoms with Gasteiger partial charge in [0.05, 0.1) is 17.7 Å². The number of carbonyl (C=O) groups is 1. The van der Waals surface area contributed by atoms with Gasteiger partial charge in [-0.15, -0.1) is 0 Å². The Bertz CT molecular complexity index is 1210. The lowest BCUT2D eigenvalue weighted by molar-refractivity contribution is -0.117. The van der Waals surface area contributed by atoms with E-state index in [9.17, 15) is 10.1 Å². The molecule has 7 heteroatoms. The van der Waals surface area contributed by atoms with Crippen LogP contribution < -0.4 is 14.8 Å². The van der Waals surface area contributed by atoms with Crippen molar-refractivity contribution in [1.29, 1.82) is 5.26 Å². The van der Waals surface area contributed by atoms with Gasteiger partial charge in [-0.05, 0) is 60.9 Å². The van der Waals surface area contributed by atoms with Crippen LogP contribution in [0.1, 0.15) is 36.6 Å². The second-order valence-electron chi connectivity index (χ2n) is 7.45. The molecule has 0 saturated heterocycles. The Hall–Kier alpha value is -3.27. The van der Waals surface area contributed by atoms with Gasteiger partial charge in [-0.3, -0.25) is 4.79 Å². The van der Waals surface area contributed by atoms with E-state index in [4.69, 9.17) is 21.1 Å². The van der Waals surface area contributed by atoms with Gasteiger partial charge in [-0.2, -0.15) is 5.26 Å². The fraction of sp³-hybridized carbons (Fsp3) is 0.185. The van der Waals surface area contributed by atoms with E-state index >= 15 is 0 Å². The van der Waals surface area contributed by atoms with Gasteiger partial charge in [0.25, 0.3) is 5.91 Å². The summed E-state index contributed by atoms with van der Waals surface area (Å²) >= 11 is 9.92. The Balaban J connectivity index is 1.81. The molecule has 34 heavy (non-hydrogen) atoms. The molecule has 174 valence electrons. The van der Waals surface area contributed by atoms with Gasteiger partial charge in [0, 0.05) is 4.47 Å². The number of carbonyl (C=O) groups excluding carboxylic acids is 1. The van der Waals surface area contributed by atoms with Crippen molar-refractivity contribution < 1.29 is 14.3 Å². The van der Waals surface area contributed by atoms with E-state index in [0.29, 0.717) is 35.3 Å². The van der Waals surface area contributed by atoms with Crippen molar-refractivity contribution in [1.82, 2.24) is 5.32 Å². The summed E-state index contributed by atoms with van der Waals surface area (Å²) in [5.74, 6) is 0.376. The number of ether oxygens (including phenoxy) is 2. The van der Waals surface area contributed by atoms with Crippen LogP contribution in [-0.2, 0) is 11.4 Å².